The number of aromatic nitrogens is 4. The second-order valence-electron chi connectivity index (χ2n) is 8.40. The third-order valence-corrected chi connectivity index (χ3v) is 6.43. The van der Waals surface area contributed by atoms with E-state index in [-0.39, 0.29) is 40.1 Å². The van der Waals surface area contributed by atoms with Crippen molar-refractivity contribution in [3.8, 4) is 34.2 Å². The van der Waals surface area contributed by atoms with E-state index in [1.807, 2.05) is 6.92 Å². The fraction of sp³-hybridized carbons (Fsp3) is 0.250. The Hall–Kier alpha value is -3.74. The molecule has 0 bridgehead atoms. The van der Waals surface area contributed by atoms with Crippen LogP contribution in [0.1, 0.15) is 24.6 Å². The number of hydrogen-bond acceptors (Lipinski definition) is 6. The smallest absolute Gasteiger partial charge is 0.272 e. The fourth-order valence-electron chi connectivity index (χ4n) is 4.13. The number of ether oxygens (including phenoxy) is 1. The van der Waals surface area contributed by atoms with E-state index in [1.54, 1.807) is 31.4 Å². The van der Waals surface area contributed by atoms with Gasteiger partial charge in [-0.2, -0.15) is 15.5 Å². The number of nitrogens with zero attached hydrogens (tertiary/aromatic N) is 4. The van der Waals surface area contributed by atoms with Gasteiger partial charge in [0.25, 0.3) is 5.56 Å². The molecule has 5 rings (SSSR count). The number of rotatable bonds is 5. The van der Waals surface area contributed by atoms with Gasteiger partial charge in [0, 0.05) is 30.6 Å². The molecular weight excluding hydrogens is 459 g/mol. The van der Waals surface area contributed by atoms with E-state index >= 15 is 4.39 Å². The van der Waals surface area contributed by atoms with Crippen molar-refractivity contribution in [2.24, 2.45) is 18.7 Å². The summed E-state index contributed by atoms with van der Waals surface area (Å²) in [6.07, 6.45) is 2.40. The monoisotopic (exact) mass is 478 g/mol. The first-order valence-corrected chi connectivity index (χ1v) is 11.0. The summed E-state index contributed by atoms with van der Waals surface area (Å²) in [6, 6.07) is 8.59. The standard InChI is InChI=1S/C24H20ClFN6O2/c1-11-5-19(11)34-20-7-17(25)22(26)21(15(20)8-27)23-16(10-29-32(23)2)12-3-4-13-14(6-12)18(9-28)30-31-24(13)33/h3-4,6-7,10-11,19H,5,9,28H2,1-2H3,(H,31,33)/t11-,19-/m1/s1. The van der Waals surface area contributed by atoms with E-state index in [0.717, 1.165) is 6.42 Å². The molecule has 1 fully saturated rings. The van der Waals surface area contributed by atoms with Crippen molar-refractivity contribution in [2.75, 3.05) is 0 Å². The lowest BCUT2D eigenvalue weighted by Gasteiger charge is -2.15. The first-order chi connectivity index (χ1) is 16.3. The molecule has 10 heteroatoms. The Morgan fingerprint density at radius 1 is 1.38 bits per heavy atom. The number of nitrogens with two attached hydrogens (primary N) is 1. The maximum absolute atomic E-state index is 15.5. The van der Waals surface area contributed by atoms with Crippen LogP contribution in [0.3, 0.4) is 0 Å². The molecule has 1 saturated carbocycles. The summed E-state index contributed by atoms with van der Waals surface area (Å²) in [4.78, 5) is 12.2. The molecule has 2 aromatic heterocycles. The van der Waals surface area contributed by atoms with Crippen LogP contribution < -0.4 is 16.0 Å². The predicted octanol–water partition coefficient (Wildman–Crippen LogP) is 3.90. The molecule has 1 aliphatic carbocycles. The van der Waals surface area contributed by atoms with E-state index in [4.69, 9.17) is 22.1 Å². The molecule has 0 amide bonds. The highest BCUT2D eigenvalue weighted by molar-refractivity contribution is 6.31. The molecule has 8 nitrogen and oxygen atoms in total. The van der Waals surface area contributed by atoms with Crippen molar-refractivity contribution >= 4 is 22.4 Å². The normalized spacial score (nSPS) is 17.1. The van der Waals surface area contributed by atoms with Crippen molar-refractivity contribution in [1.82, 2.24) is 20.0 Å². The van der Waals surface area contributed by atoms with Crippen molar-refractivity contribution < 1.29 is 9.13 Å². The van der Waals surface area contributed by atoms with Crippen LogP contribution in [0.2, 0.25) is 5.02 Å². The lowest BCUT2D eigenvalue weighted by Crippen LogP contribution is -2.13. The van der Waals surface area contributed by atoms with Crippen molar-refractivity contribution in [3.63, 3.8) is 0 Å². The minimum absolute atomic E-state index is 0.0106. The number of hydrogen-bond donors (Lipinski definition) is 2. The predicted molar refractivity (Wildman–Crippen MR) is 126 cm³/mol. The van der Waals surface area contributed by atoms with Gasteiger partial charge in [-0.05, 0) is 30.0 Å². The van der Waals surface area contributed by atoms with Gasteiger partial charge in [-0.25, -0.2) is 9.49 Å². The Kier molecular flexibility index (Phi) is 5.35. The topological polar surface area (TPSA) is 123 Å². The van der Waals surface area contributed by atoms with Crippen molar-refractivity contribution in [1.29, 1.82) is 5.26 Å². The molecule has 0 spiro atoms. The number of aryl methyl sites for hydroxylation is 1. The Bertz CT molecular complexity index is 1550. The van der Waals surface area contributed by atoms with Crippen molar-refractivity contribution in [3.05, 3.63) is 62.9 Å². The van der Waals surface area contributed by atoms with Crippen LogP contribution in [0.15, 0.2) is 35.3 Å². The average molecular weight is 479 g/mol. The van der Waals surface area contributed by atoms with Crippen LogP contribution in [0, 0.1) is 23.1 Å². The van der Waals surface area contributed by atoms with Crippen molar-refractivity contribution in [2.45, 2.75) is 26.0 Å². The molecule has 0 radical (unpaired) electrons. The van der Waals surface area contributed by atoms with Crippen LogP contribution in [0.25, 0.3) is 33.2 Å². The molecule has 0 saturated heterocycles. The number of nitrogens with one attached hydrogen (secondary N) is 1. The summed E-state index contributed by atoms with van der Waals surface area (Å²) < 4.78 is 22.9. The zero-order valence-electron chi connectivity index (χ0n) is 18.4. The van der Waals surface area contributed by atoms with E-state index in [0.29, 0.717) is 39.2 Å². The summed E-state index contributed by atoms with van der Waals surface area (Å²) in [5, 5.41) is 21.6. The Balaban J connectivity index is 1.74. The van der Waals surface area contributed by atoms with Gasteiger partial charge in [0.15, 0.2) is 5.82 Å². The minimum Gasteiger partial charge on any atom is -0.489 e. The third kappa shape index (κ3) is 3.52. The van der Waals surface area contributed by atoms with Gasteiger partial charge in [-0.3, -0.25) is 9.48 Å². The molecule has 2 aromatic carbocycles. The van der Waals surface area contributed by atoms with E-state index in [1.165, 1.54) is 10.7 Å². The largest absolute Gasteiger partial charge is 0.489 e. The molecule has 3 N–H and O–H groups in total. The van der Waals surface area contributed by atoms with Crippen LogP contribution in [-0.4, -0.2) is 26.1 Å². The first-order valence-electron chi connectivity index (χ1n) is 10.7. The molecule has 172 valence electrons. The highest BCUT2D eigenvalue weighted by Gasteiger charge is 2.36. The van der Waals surface area contributed by atoms with E-state index < -0.39 is 5.82 Å². The maximum atomic E-state index is 15.5. The Morgan fingerprint density at radius 2 is 2.15 bits per heavy atom. The number of aromatic amines is 1. The van der Waals surface area contributed by atoms with Gasteiger partial charge in [0.2, 0.25) is 0 Å². The van der Waals surface area contributed by atoms with Gasteiger partial charge in [-0.15, -0.1) is 0 Å². The Labute approximate surface area is 198 Å². The summed E-state index contributed by atoms with van der Waals surface area (Å²) in [7, 11) is 1.66. The van der Waals surface area contributed by atoms with Gasteiger partial charge in [0.05, 0.1) is 33.6 Å². The first kappa shape index (κ1) is 22.1. The highest BCUT2D eigenvalue weighted by Crippen LogP contribution is 2.43. The quantitative estimate of drug-likeness (QED) is 0.448. The summed E-state index contributed by atoms with van der Waals surface area (Å²) in [5.74, 6) is -0.136. The second-order valence-corrected chi connectivity index (χ2v) is 8.80. The Morgan fingerprint density at radius 3 is 2.82 bits per heavy atom. The number of H-pyrrole nitrogens is 1. The molecule has 1 aliphatic rings. The number of benzene rings is 2. The zero-order chi connectivity index (χ0) is 24.1. The van der Waals surface area contributed by atoms with Crippen LogP contribution in [0.4, 0.5) is 4.39 Å². The average Bonchev–Trinajstić information content (AvgIpc) is 3.39. The molecule has 2 heterocycles. The van der Waals surface area contributed by atoms with E-state index in [9.17, 15) is 10.1 Å². The summed E-state index contributed by atoms with van der Waals surface area (Å²) in [6.45, 7) is 2.16. The lowest BCUT2D eigenvalue weighted by molar-refractivity contribution is 0.287. The second kappa shape index (κ2) is 8.24. The molecule has 4 aromatic rings. The molecule has 2 atom stereocenters. The van der Waals surface area contributed by atoms with Crippen LogP contribution in [0.5, 0.6) is 5.75 Å². The SMILES string of the molecule is C[C@@H]1C[C@H]1Oc1cc(Cl)c(F)c(-c2c(-c3ccc4c(=O)[nH]nc(CN)c4c3)cnn2C)c1C#N. The van der Waals surface area contributed by atoms with Gasteiger partial charge < -0.3 is 10.5 Å². The number of nitriles is 1. The lowest BCUT2D eigenvalue weighted by atomic mass is 9.95. The van der Waals surface area contributed by atoms with E-state index in [2.05, 4.69) is 21.4 Å². The minimum atomic E-state index is -0.735. The van der Waals surface area contributed by atoms with Crippen LogP contribution in [-0.2, 0) is 13.6 Å². The maximum Gasteiger partial charge on any atom is 0.272 e. The van der Waals surface area contributed by atoms with Gasteiger partial charge >= 0.3 is 0 Å². The summed E-state index contributed by atoms with van der Waals surface area (Å²) >= 11 is 6.24. The van der Waals surface area contributed by atoms with Crippen LogP contribution >= 0.6 is 11.6 Å². The van der Waals surface area contributed by atoms with Gasteiger partial charge in [0.1, 0.15) is 23.5 Å². The highest BCUT2D eigenvalue weighted by atomic mass is 35.5. The third-order valence-electron chi connectivity index (χ3n) is 6.16. The molecule has 0 unspecified atom stereocenters. The number of fused-ring (bicyclic) bond motifs is 1. The zero-order valence-corrected chi connectivity index (χ0v) is 19.2. The summed E-state index contributed by atoms with van der Waals surface area (Å²) in [5.41, 5.74) is 7.61. The van der Waals surface area contributed by atoms with Gasteiger partial charge in [-0.1, -0.05) is 24.6 Å². The number of halogens is 2. The molecule has 0 aliphatic heterocycles. The molecule has 34 heavy (non-hydrogen) atoms. The fourth-order valence-corrected chi connectivity index (χ4v) is 4.33. The molecular formula is C24H20ClFN6O2.